The number of ether oxygens (including phenoxy) is 1. The van der Waals surface area contributed by atoms with Crippen LogP contribution in [0.2, 0.25) is 0 Å². The maximum absolute atomic E-state index is 11.9. The van der Waals surface area contributed by atoms with E-state index in [0.717, 1.165) is 13.2 Å². The Morgan fingerprint density at radius 2 is 1.35 bits per heavy atom. The summed E-state index contributed by atoms with van der Waals surface area (Å²) in [4.78, 5) is 11.9. The Morgan fingerprint density at radius 3 is 1.74 bits per heavy atom. The molecule has 0 amide bonds. The van der Waals surface area contributed by atoms with Crippen LogP contribution in [0.5, 0.6) is 0 Å². The number of Topliss-reactive ketones (excluding diaryl/α,β-unsaturated/α-hetero) is 1. The molecule has 0 spiro atoms. The smallest absolute Gasteiger partial charge is 0.195 e. The molecule has 3 nitrogen and oxygen atoms in total. The number of carbonyl (C=O) groups is 1. The average Bonchev–Trinajstić information content (AvgIpc) is 2.65. The lowest BCUT2D eigenvalue weighted by Gasteiger charge is -2.09. The van der Waals surface area contributed by atoms with Crippen LogP contribution in [0.3, 0.4) is 0 Å². The van der Waals surface area contributed by atoms with Crippen molar-refractivity contribution in [1.29, 1.82) is 0 Å². The van der Waals surface area contributed by atoms with Crippen molar-refractivity contribution in [3.8, 4) is 0 Å². The summed E-state index contributed by atoms with van der Waals surface area (Å²) in [5, 5.41) is 9.89. The third kappa shape index (κ3) is 8.29. The number of ketones is 1. The summed E-state index contributed by atoms with van der Waals surface area (Å²) in [6.07, 6.45) is -1.08. The molecule has 0 fully saturated rings. The van der Waals surface area contributed by atoms with Crippen molar-refractivity contribution in [2.75, 3.05) is 13.2 Å². The Hall–Kier alpha value is -1.97. The SMILES string of the molecule is CC.CCOCC.O=C(c1ccccc1)C(O)c1ccccc1. The van der Waals surface area contributed by atoms with Crippen LogP contribution in [0.25, 0.3) is 0 Å². The van der Waals surface area contributed by atoms with E-state index in [2.05, 4.69) is 0 Å². The first-order valence-corrected chi connectivity index (χ1v) is 8.10. The normalized spacial score (nSPS) is 10.5. The van der Waals surface area contributed by atoms with Gasteiger partial charge in [0.15, 0.2) is 5.78 Å². The minimum absolute atomic E-state index is 0.271. The van der Waals surface area contributed by atoms with E-state index in [4.69, 9.17) is 4.74 Å². The van der Waals surface area contributed by atoms with Crippen molar-refractivity contribution in [1.82, 2.24) is 0 Å². The molecule has 2 aromatic rings. The number of benzene rings is 2. The van der Waals surface area contributed by atoms with Crippen LogP contribution in [-0.4, -0.2) is 24.1 Å². The molecule has 0 radical (unpaired) electrons. The van der Waals surface area contributed by atoms with Gasteiger partial charge in [-0.1, -0.05) is 74.5 Å². The molecule has 0 bridgehead atoms. The fourth-order valence-corrected chi connectivity index (χ4v) is 1.75. The minimum atomic E-state index is -1.08. The first kappa shape index (κ1) is 21.0. The molecule has 126 valence electrons. The third-order valence-corrected chi connectivity index (χ3v) is 2.83. The van der Waals surface area contributed by atoms with E-state index in [-0.39, 0.29) is 5.78 Å². The van der Waals surface area contributed by atoms with Crippen molar-refractivity contribution in [2.45, 2.75) is 33.8 Å². The van der Waals surface area contributed by atoms with E-state index in [1.165, 1.54) is 0 Å². The van der Waals surface area contributed by atoms with Gasteiger partial charge in [-0.3, -0.25) is 4.79 Å². The van der Waals surface area contributed by atoms with Crippen LogP contribution in [0.1, 0.15) is 49.7 Å². The lowest BCUT2D eigenvalue weighted by atomic mass is 10.0. The number of carbonyl (C=O) groups excluding carboxylic acids is 1. The van der Waals surface area contributed by atoms with Gasteiger partial charge in [-0.15, -0.1) is 0 Å². The van der Waals surface area contributed by atoms with Crippen LogP contribution in [-0.2, 0) is 4.74 Å². The number of hydrogen-bond acceptors (Lipinski definition) is 3. The highest BCUT2D eigenvalue weighted by atomic mass is 16.5. The Balaban J connectivity index is 0.000000594. The first-order valence-electron chi connectivity index (χ1n) is 8.10. The van der Waals surface area contributed by atoms with Crippen LogP contribution in [0, 0.1) is 0 Å². The van der Waals surface area contributed by atoms with Gasteiger partial charge in [0.2, 0.25) is 0 Å². The van der Waals surface area contributed by atoms with Gasteiger partial charge in [0.05, 0.1) is 0 Å². The topological polar surface area (TPSA) is 46.5 Å². The van der Waals surface area contributed by atoms with Gasteiger partial charge in [0.25, 0.3) is 0 Å². The summed E-state index contributed by atoms with van der Waals surface area (Å²) in [5.41, 5.74) is 1.15. The Morgan fingerprint density at radius 1 is 0.913 bits per heavy atom. The van der Waals surface area contributed by atoms with Crippen molar-refractivity contribution in [3.05, 3.63) is 71.8 Å². The molecule has 0 aliphatic rings. The molecule has 0 saturated carbocycles. The molecule has 0 saturated heterocycles. The van der Waals surface area contributed by atoms with Crippen molar-refractivity contribution >= 4 is 5.78 Å². The fourth-order valence-electron chi connectivity index (χ4n) is 1.75. The second kappa shape index (κ2) is 13.7. The second-order valence-electron chi connectivity index (χ2n) is 4.32. The van der Waals surface area contributed by atoms with Crippen LogP contribution >= 0.6 is 0 Å². The molecule has 1 N–H and O–H groups in total. The van der Waals surface area contributed by atoms with Crippen LogP contribution in [0.15, 0.2) is 60.7 Å². The average molecular weight is 316 g/mol. The zero-order valence-corrected chi connectivity index (χ0v) is 14.5. The second-order valence-corrected chi connectivity index (χ2v) is 4.32. The highest BCUT2D eigenvalue weighted by Crippen LogP contribution is 2.17. The van der Waals surface area contributed by atoms with Crippen LogP contribution in [0.4, 0.5) is 0 Å². The highest BCUT2D eigenvalue weighted by Gasteiger charge is 2.18. The lowest BCUT2D eigenvalue weighted by molar-refractivity contribution is 0.0747. The lowest BCUT2D eigenvalue weighted by Crippen LogP contribution is -2.11. The number of hydrogen-bond donors (Lipinski definition) is 1. The molecule has 3 heteroatoms. The highest BCUT2D eigenvalue weighted by molar-refractivity contribution is 5.99. The summed E-state index contributed by atoms with van der Waals surface area (Å²) in [6, 6.07) is 17.7. The van der Waals surface area contributed by atoms with Crippen molar-refractivity contribution in [3.63, 3.8) is 0 Å². The summed E-state index contributed by atoms with van der Waals surface area (Å²) in [6.45, 7) is 9.67. The molecule has 2 aromatic carbocycles. The molecule has 0 aliphatic carbocycles. The number of rotatable bonds is 5. The van der Waals surface area contributed by atoms with E-state index in [9.17, 15) is 9.90 Å². The van der Waals surface area contributed by atoms with E-state index >= 15 is 0 Å². The van der Waals surface area contributed by atoms with E-state index in [0.29, 0.717) is 11.1 Å². The van der Waals surface area contributed by atoms with Gasteiger partial charge < -0.3 is 9.84 Å². The summed E-state index contributed by atoms with van der Waals surface area (Å²) in [7, 11) is 0. The van der Waals surface area contributed by atoms with Crippen LogP contribution < -0.4 is 0 Å². The largest absolute Gasteiger partial charge is 0.382 e. The molecule has 0 aliphatic heterocycles. The van der Waals surface area contributed by atoms with E-state index in [1.54, 1.807) is 48.5 Å². The van der Waals surface area contributed by atoms with E-state index < -0.39 is 6.10 Å². The van der Waals surface area contributed by atoms with Gasteiger partial charge in [-0.2, -0.15) is 0 Å². The number of aliphatic hydroxyl groups excluding tert-OH is 1. The molecule has 0 aromatic heterocycles. The predicted octanol–water partition coefficient (Wildman–Crippen LogP) is 4.67. The standard InChI is InChI=1S/C14H12O2.C4H10O.C2H6/c15-13(11-7-3-1-4-8-11)14(16)12-9-5-2-6-10-12;1-3-5-4-2;1-2/h1-10,13,15H;3-4H2,1-2H3;1-2H3. The summed E-state index contributed by atoms with van der Waals surface area (Å²) >= 11 is 0. The summed E-state index contributed by atoms with van der Waals surface area (Å²) < 4.78 is 4.83. The predicted molar refractivity (Wildman–Crippen MR) is 95.7 cm³/mol. The van der Waals surface area contributed by atoms with Gasteiger partial charge >= 0.3 is 0 Å². The minimum Gasteiger partial charge on any atom is -0.382 e. The van der Waals surface area contributed by atoms with Crippen molar-refractivity contribution < 1.29 is 14.6 Å². The Kier molecular flexibility index (Phi) is 12.5. The molecule has 0 heterocycles. The molecule has 23 heavy (non-hydrogen) atoms. The molecule has 2 rings (SSSR count). The molecule has 1 unspecified atom stereocenters. The quantitative estimate of drug-likeness (QED) is 0.815. The summed E-state index contributed by atoms with van der Waals surface area (Å²) in [5.74, 6) is -0.271. The van der Waals surface area contributed by atoms with Gasteiger partial charge in [-0.05, 0) is 19.4 Å². The molecular weight excluding hydrogens is 288 g/mol. The molecule has 1 atom stereocenters. The van der Waals surface area contributed by atoms with Crippen molar-refractivity contribution in [2.24, 2.45) is 0 Å². The zero-order valence-electron chi connectivity index (χ0n) is 14.5. The third-order valence-electron chi connectivity index (χ3n) is 2.83. The van der Waals surface area contributed by atoms with Gasteiger partial charge in [0.1, 0.15) is 6.10 Å². The Bertz CT molecular complexity index is 507. The number of aliphatic hydroxyl groups is 1. The van der Waals surface area contributed by atoms with Gasteiger partial charge in [-0.25, -0.2) is 0 Å². The zero-order chi connectivity index (χ0) is 17.5. The van der Waals surface area contributed by atoms with Gasteiger partial charge in [0, 0.05) is 18.8 Å². The molecular formula is C20H28O3. The van der Waals surface area contributed by atoms with E-state index in [1.807, 2.05) is 39.8 Å². The maximum Gasteiger partial charge on any atom is 0.195 e. The maximum atomic E-state index is 11.9. The Labute approximate surface area is 139 Å². The monoisotopic (exact) mass is 316 g/mol. The fraction of sp³-hybridized carbons (Fsp3) is 0.350. The first-order chi connectivity index (χ1) is 11.2.